The van der Waals surface area contributed by atoms with Crippen LogP contribution in [0.4, 0.5) is 17.6 Å². The molecule has 0 atom stereocenters. The minimum absolute atomic E-state index is 1.84. The fraction of sp³-hybridized carbons (Fsp3) is 1.00. The quantitative estimate of drug-likeness (QED) is 0.236. The zero-order valence-electron chi connectivity index (χ0n) is 6.45. The van der Waals surface area contributed by atoms with Crippen LogP contribution in [0.5, 0.6) is 0 Å². The molecule has 0 aromatic rings. The first-order valence-corrected chi connectivity index (χ1v) is 3.14. The normalized spacial score (nSPS) is 12.6. The highest BCUT2D eigenvalue weighted by molar-refractivity contribution is 4.58. The van der Waals surface area contributed by atoms with Crippen molar-refractivity contribution in [3.8, 4) is 0 Å². The van der Waals surface area contributed by atoms with Crippen LogP contribution in [0.3, 0.4) is 0 Å². The molecule has 0 aliphatic rings. The summed E-state index contributed by atoms with van der Waals surface area (Å²) < 4.78 is 47.2. The van der Waals surface area contributed by atoms with E-state index in [0.29, 0.717) is 0 Å². The highest BCUT2D eigenvalue weighted by Gasteiger charge is 2.59. The van der Waals surface area contributed by atoms with Crippen LogP contribution in [-0.4, -0.2) is 21.9 Å². The number of rotatable bonds is 4. The maximum absolute atomic E-state index is 12.7. The Balaban J connectivity index is 4.56. The van der Waals surface area contributed by atoms with Gasteiger partial charge in [-0.3, -0.25) is 20.2 Å². The Kier molecular flexibility index (Phi) is 3.32. The molecule has 0 amide bonds. The van der Waals surface area contributed by atoms with Crippen molar-refractivity contribution in [2.24, 2.45) is 0 Å². The summed E-state index contributed by atoms with van der Waals surface area (Å²) in [6.45, 7) is 0. The molecule has 0 rings (SSSR count). The van der Waals surface area contributed by atoms with Crippen LogP contribution < -0.4 is 0 Å². The number of nitro groups is 2. The van der Waals surface area contributed by atoms with E-state index >= 15 is 0 Å². The molecule has 0 heterocycles. The van der Waals surface area contributed by atoms with E-state index in [1.54, 1.807) is 0 Å². The lowest BCUT2D eigenvalue weighted by molar-refractivity contribution is -0.832. The minimum Gasteiger partial charge on any atom is -0.256 e. The van der Waals surface area contributed by atoms with Gasteiger partial charge in [0.1, 0.15) is 16.3 Å². The van der Waals surface area contributed by atoms with Crippen molar-refractivity contribution in [3.63, 3.8) is 0 Å². The first kappa shape index (κ1) is 12.5. The van der Waals surface area contributed by atoms with Crippen molar-refractivity contribution < 1.29 is 27.4 Å². The first-order valence-electron chi connectivity index (χ1n) is 3.14. The Morgan fingerprint density at radius 2 is 1.29 bits per heavy atom. The van der Waals surface area contributed by atoms with Crippen LogP contribution in [0.1, 0.15) is 12.8 Å². The van der Waals surface area contributed by atoms with Crippen molar-refractivity contribution in [1.82, 2.24) is 0 Å². The van der Waals surface area contributed by atoms with Crippen molar-refractivity contribution in [2.45, 2.75) is 24.9 Å². The Morgan fingerprint density at radius 1 is 0.929 bits per heavy atom. The molecule has 14 heavy (non-hydrogen) atoms. The molecule has 0 aliphatic carbocycles. The summed E-state index contributed by atoms with van der Waals surface area (Å²) in [4.78, 5) is 15.6. The second-order valence-corrected chi connectivity index (χ2v) is 2.35. The molecule has 0 saturated carbocycles. The largest absolute Gasteiger partial charge is 0.614 e. The average molecular weight is 220 g/mol. The fourth-order valence-corrected chi connectivity index (χ4v) is 0.550. The third-order valence-corrected chi connectivity index (χ3v) is 1.29. The van der Waals surface area contributed by atoms with Crippen LogP contribution in [0.2, 0.25) is 0 Å². The second-order valence-electron chi connectivity index (χ2n) is 2.35. The smallest absolute Gasteiger partial charge is 0.256 e. The molecule has 0 N–H and O–H groups in total. The van der Waals surface area contributed by atoms with Crippen LogP contribution in [-0.2, 0) is 0 Å². The van der Waals surface area contributed by atoms with Gasteiger partial charge in [-0.15, -0.1) is 0 Å². The summed E-state index contributed by atoms with van der Waals surface area (Å²) in [6.07, 6.45) is -8.63. The van der Waals surface area contributed by atoms with Crippen LogP contribution in [0.25, 0.3) is 0 Å². The Hall–Kier alpha value is -1.48. The van der Waals surface area contributed by atoms with Gasteiger partial charge >= 0.3 is 12.1 Å². The molecule has 0 bridgehead atoms. The minimum atomic E-state index is -4.87. The lowest BCUT2D eigenvalue weighted by Gasteiger charge is -2.09. The summed E-state index contributed by atoms with van der Waals surface area (Å²) in [5.41, 5.74) is 0. The third kappa shape index (κ3) is 3.11. The maximum atomic E-state index is 12.7. The standard InChI is InChI=1S/C4H4F4N2O4/c5-3(6,7)1-2-4(8,9(11)12)10(13)14/h1-2H2. The van der Waals surface area contributed by atoms with Gasteiger partial charge in [0, 0.05) is 0 Å². The molecule has 0 saturated heterocycles. The highest BCUT2D eigenvalue weighted by atomic mass is 19.4. The molecule has 0 spiro atoms. The molecule has 0 aliphatic heterocycles. The Morgan fingerprint density at radius 3 is 1.50 bits per heavy atom. The number of nitrogens with zero attached hydrogens (tertiary/aromatic N) is 2. The van der Waals surface area contributed by atoms with Gasteiger partial charge in [-0.1, -0.05) is 4.39 Å². The van der Waals surface area contributed by atoms with Crippen molar-refractivity contribution in [3.05, 3.63) is 20.2 Å². The first-order chi connectivity index (χ1) is 6.09. The van der Waals surface area contributed by atoms with Gasteiger partial charge in [0.25, 0.3) is 0 Å². The molecule has 0 aromatic heterocycles. The Labute approximate surface area is 73.8 Å². The second kappa shape index (κ2) is 3.72. The summed E-state index contributed by atoms with van der Waals surface area (Å²) in [7, 11) is 0. The van der Waals surface area contributed by atoms with E-state index in [0.717, 1.165) is 0 Å². The molecule has 0 radical (unpaired) electrons. The topological polar surface area (TPSA) is 86.3 Å². The van der Waals surface area contributed by atoms with Crippen molar-refractivity contribution in [2.75, 3.05) is 0 Å². The van der Waals surface area contributed by atoms with E-state index in [-0.39, 0.29) is 0 Å². The van der Waals surface area contributed by atoms with Crippen molar-refractivity contribution in [1.29, 1.82) is 0 Å². The van der Waals surface area contributed by atoms with E-state index in [4.69, 9.17) is 0 Å². The molecule has 10 heteroatoms. The van der Waals surface area contributed by atoms with Gasteiger partial charge in [-0.2, -0.15) is 13.2 Å². The lowest BCUT2D eigenvalue weighted by Crippen LogP contribution is -2.42. The molecule has 6 nitrogen and oxygen atoms in total. The average Bonchev–Trinajstić information content (AvgIpc) is 1.97. The summed E-state index contributed by atoms with van der Waals surface area (Å²) >= 11 is 0. The van der Waals surface area contributed by atoms with E-state index in [2.05, 4.69) is 0 Å². The van der Waals surface area contributed by atoms with E-state index < -0.39 is 34.8 Å². The monoisotopic (exact) mass is 220 g/mol. The summed E-state index contributed by atoms with van der Waals surface area (Å²) in [5, 5.41) is 19.6. The maximum Gasteiger partial charge on any atom is 0.614 e. The molecular formula is C4H4F4N2O4. The zero-order valence-corrected chi connectivity index (χ0v) is 6.45. The number of hydrogen-bond acceptors (Lipinski definition) is 4. The van der Waals surface area contributed by atoms with E-state index in [1.807, 2.05) is 0 Å². The highest BCUT2D eigenvalue weighted by Crippen LogP contribution is 2.28. The van der Waals surface area contributed by atoms with Crippen molar-refractivity contribution >= 4 is 0 Å². The molecule has 0 fully saturated rings. The molecule has 82 valence electrons. The van der Waals surface area contributed by atoms with Gasteiger partial charge in [0.2, 0.25) is 0 Å². The summed E-state index contributed by atoms with van der Waals surface area (Å²) in [6, 6.07) is 0. The van der Waals surface area contributed by atoms with Crippen LogP contribution in [0.15, 0.2) is 0 Å². The zero-order chi connectivity index (χ0) is 11.6. The predicted molar refractivity (Wildman–Crippen MR) is 33.1 cm³/mol. The SMILES string of the molecule is O=[N+]([O-])C(F)(CCC(F)(F)F)[N+](=O)[O-]. The van der Waals surface area contributed by atoms with Crippen LogP contribution in [0, 0.1) is 20.2 Å². The predicted octanol–water partition coefficient (Wildman–Crippen LogP) is 1.51. The van der Waals surface area contributed by atoms with Gasteiger partial charge < -0.3 is 0 Å². The van der Waals surface area contributed by atoms with E-state index in [9.17, 15) is 37.8 Å². The molecular weight excluding hydrogens is 216 g/mol. The summed E-state index contributed by atoms with van der Waals surface area (Å²) in [5.74, 6) is -4.27. The third-order valence-electron chi connectivity index (χ3n) is 1.29. The van der Waals surface area contributed by atoms with Gasteiger partial charge in [-0.25, -0.2) is 0 Å². The number of halogens is 4. The Bertz CT molecular complexity index is 238. The fourth-order valence-electron chi connectivity index (χ4n) is 0.550. The van der Waals surface area contributed by atoms with Gasteiger partial charge in [-0.05, 0) is 0 Å². The van der Waals surface area contributed by atoms with Gasteiger partial charge in [0.15, 0.2) is 0 Å². The number of hydrogen-bond donors (Lipinski definition) is 0. The van der Waals surface area contributed by atoms with Gasteiger partial charge in [0.05, 0.1) is 6.42 Å². The lowest BCUT2D eigenvalue weighted by atomic mass is 10.2. The molecule has 0 unspecified atom stereocenters. The number of alkyl halides is 4. The molecule has 0 aromatic carbocycles. The van der Waals surface area contributed by atoms with Crippen LogP contribution >= 0.6 is 0 Å². The van der Waals surface area contributed by atoms with E-state index in [1.165, 1.54) is 0 Å².